The maximum Gasteiger partial charge on any atom is 0.253 e. The SMILES string of the molecule is Cc1nc(-c2ccccc2)ccc1C(=O)NCc1cccc(OCCN(C)C2CCOCC2)c1. The van der Waals surface area contributed by atoms with Crippen molar-refractivity contribution < 1.29 is 14.3 Å². The summed E-state index contributed by atoms with van der Waals surface area (Å²) in [5.41, 5.74) is 4.19. The molecule has 0 aliphatic carbocycles. The number of pyridine rings is 1. The first-order valence-electron chi connectivity index (χ1n) is 11.9. The Balaban J connectivity index is 1.28. The van der Waals surface area contributed by atoms with Gasteiger partial charge in [0, 0.05) is 37.9 Å². The molecule has 1 aromatic heterocycles. The summed E-state index contributed by atoms with van der Waals surface area (Å²) >= 11 is 0. The highest BCUT2D eigenvalue weighted by Crippen LogP contribution is 2.19. The first kappa shape index (κ1) is 23.9. The molecule has 0 radical (unpaired) electrons. The molecular weight excluding hydrogens is 426 g/mol. The lowest BCUT2D eigenvalue weighted by molar-refractivity contribution is 0.0392. The lowest BCUT2D eigenvalue weighted by Crippen LogP contribution is -2.38. The Morgan fingerprint density at radius 3 is 2.65 bits per heavy atom. The standard InChI is InChI=1S/C28H33N3O3/c1-21-26(11-12-27(30-21)23-8-4-3-5-9-23)28(32)29-20-22-7-6-10-25(19-22)34-18-15-31(2)24-13-16-33-17-14-24/h3-12,19,24H,13-18,20H2,1-2H3,(H,29,32). The van der Waals surface area contributed by atoms with E-state index in [0.717, 1.165) is 55.2 Å². The summed E-state index contributed by atoms with van der Waals surface area (Å²) in [6.07, 6.45) is 2.16. The van der Waals surface area contributed by atoms with Crippen molar-refractivity contribution in [1.29, 1.82) is 0 Å². The predicted octanol–water partition coefficient (Wildman–Crippen LogP) is 4.48. The highest BCUT2D eigenvalue weighted by atomic mass is 16.5. The molecular formula is C28H33N3O3. The van der Waals surface area contributed by atoms with E-state index in [1.165, 1.54) is 0 Å². The number of hydrogen-bond acceptors (Lipinski definition) is 5. The van der Waals surface area contributed by atoms with Crippen LogP contribution in [0.2, 0.25) is 0 Å². The monoisotopic (exact) mass is 459 g/mol. The molecule has 1 aliphatic rings. The van der Waals surface area contributed by atoms with E-state index in [1.54, 1.807) is 0 Å². The molecule has 0 unspecified atom stereocenters. The molecule has 2 aromatic carbocycles. The van der Waals surface area contributed by atoms with Crippen LogP contribution in [0.3, 0.4) is 0 Å². The Bertz CT molecular complexity index is 1080. The van der Waals surface area contributed by atoms with Crippen molar-refractivity contribution in [1.82, 2.24) is 15.2 Å². The van der Waals surface area contributed by atoms with E-state index in [4.69, 9.17) is 9.47 Å². The first-order valence-corrected chi connectivity index (χ1v) is 11.9. The number of likely N-dealkylation sites (N-methyl/N-ethyl adjacent to an activating group) is 1. The molecule has 1 aliphatic heterocycles. The van der Waals surface area contributed by atoms with Gasteiger partial charge in [-0.05, 0) is 56.6 Å². The lowest BCUT2D eigenvalue weighted by atomic mass is 10.1. The molecule has 1 saturated heterocycles. The highest BCUT2D eigenvalue weighted by molar-refractivity contribution is 5.95. The number of carbonyl (C=O) groups excluding carboxylic acids is 1. The molecule has 178 valence electrons. The van der Waals surface area contributed by atoms with Crippen LogP contribution in [-0.4, -0.2) is 55.2 Å². The fraction of sp³-hybridized carbons (Fsp3) is 0.357. The van der Waals surface area contributed by atoms with Crippen LogP contribution in [0.1, 0.15) is 34.5 Å². The van der Waals surface area contributed by atoms with Gasteiger partial charge in [0.1, 0.15) is 12.4 Å². The zero-order valence-corrected chi connectivity index (χ0v) is 20.0. The summed E-state index contributed by atoms with van der Waals surface area (Å²) in [5, 5.41) is 3.01. The average molecular weight is 460 g/mol. The molecule has 34 heavy (non-hydrogen) atoms. The fourth-order valence-corrected chi connectivity index (χ4v) is 4.21. The van der Waals surface area contributed by atoms with Crippen LogP contribution in [0.5, 0.6) is 5.75 Å². The first-order chi connectivity index (χ1) is 16.6. The highest BCUT2D eigenvalue weighted by Gasteiger charge is 2.18. The smallest absolute Gasteiger partial charge is 0.253 e. The van der Waals surface area contributed by atoms with Crippen LogP contribution in [0.25, 0.3) is 11.3 Å². The van der Waals surface area contributed by atoms with Gasteiger partial charge in [-0.2, -0.15) is 0 Å². The van der Waals surface area contributed by atoms with E-state index in [-0.39, 0.29) is 5.91 Å². The quantitative estimate of drug-likeness (QED) is 0.511. The van der Waals surface area contributed by atoms with Crippen LogP contribution in [0, 0.1) is 6.92 Å². The summed E-state index contributed by atoms with van der Waals surface area (Å²) < 4.78 is 11.4. The molecule has 1 N–H and O–H groups in total. The zero-order chi connectivity index (χ0) is 23.8. The van der Waals surface area contributed by atoms with Crippen LogP contribution < -0.4 is 10.1 Å². The van der Waals surface area contributed by atoms with E-state index in [1.807, 2.05) is 73.7 Å². The summed E-state index contributed by atoms with van der Waals surface area (Å²) in [6, 6.07) is 22.2. The van der Waals surface area contributed by atoms with Gasteiger partial charge in [-0.1, -0.05) is 42.5 Å². The minimum Gasteiger partial charge on any atom is -0.492 e. The molecule has 2 heterocycles. The van der Waals surface area contributed by atoms with Gasteiger partial charge < -0.3 is 14.8 Å². The van der Waals surface area contributed by atoms with Crippen molar-refractivity contribution in [2.24, 2.45) is 0 Å². The number of hydrogen-bond donors (Lipinski definition) is 1. The number of nitrogens with zero attached hydrogens (tertiary/aromatic N) is 2. The molecule has 4 rings (SSSR count). The van der Waals surface area contributed by atoms with Crippen molar-refractivity contribution in [3.8, 4) is 17.0 Å². The van der Waals surface area contributed by atoms with Gasteiger partial charge in [0.25, 0.3) is 5.91 Å². The van der Waals surface area contributed by atoms with Crippen molar-refractivity contribution in [3.05, 3.63) is 83.6 Å². The molecule has 6 heteroatoms. The van der Waals surface area contributed by atoms with Crippen LogP contribution in [-0.2, 0) is 11.3 Å². The second-order valence-corrected chi connectivity index (χ2v) is 8.70. The third-order valence-electron chi connectivity index (χ3n) is 6.28. The maximum absolute atomic E-state index is 12.8. The third-order valence-corrected chi connectivity index (χ3v) is 6.28. The number of rotatable bonds is 9. The minimum absolute atomic E-state index is 0.131. The topological polar surface area (TPSA) is 63.7 Å². The van der Waals surface area contributed by atoms with Crippen molar-refractivity contribution in [3.63, 3.8) is 0 Å². The second-order valence-electron chi connectivity index (χ2n) is 8.70. The fourth-order valence-electron chi connectivity index (χ4n) is 4.21. The van der Waals surface area contributed by atoms with Crippen LogP contribution in [0.15, 0.2) is 66.7 Å². The van der Waals surface area contributed by atoms with Gasteiger partial charge in [0.15, 0.2) is 0 Å². The van der Waals surface area contributed by atoms with Gasteiger partial charge in [0.05, 0.1) is 17.0 Å². The molecule has 0 saturated carbocycles. The van der Waals surface area contributed by atoms with Crippen molar-refractivity contribution in [2.75, 3.05) is 33.4 Å². The number of amides is 1. The lowest BCUT2D eigenvalue weighted by Gasteiger charge is -2.31. The third kappa shape index (κ3) is 6.43. The van der Waals surface area contributed by atoms with Crippen LogP contribution in [0.4, 0.5) is 0 Å². The Hall–Kier alpha value is -3.22. The van der Waals surface area contributed by atoms with E-state index in [2.05, 4.69) is 22.2 Å². The number of benzene rings is 2. The van der Waals surface area contributed by atoms with E-state index in [9.17, 15) is 4.79 Å². The Labute approximate surface area is 201 Å². The average Bonchev–Trinajstić information content (AvgIpc) is 2.88. The van der Waals surface area contributed by atoms with Gasteiger partial charge in [0.2, 0.25) is 0 Å². The van der Waals surface area contributed by atoms with Crippen LogP contribution >= 0.6 is 0 Å². The van der Waals surface area contributed by atoms with Gasteiger partial charge in [-0.25, -0.2) is 0 Å². The summed E-state index contributed by atoms with van der Waals surface area (Å²) in [4.78, 5) is 19.7. The molecule has 0 bridgehead atoms. The summed E-state index contributed by atoms with van der Waals surface area (Å²) in [6.45, 7) is 5.48. The number of ether oxygens (including phenoxy) is 2. The number of carbonyl (C=O) groups is 1. The second kappa shape index (κ2) is 11.8. The van der Waals surface area contributed by atoms with E-state index in [0.29, 0.717) is 30.5 Å². The molecule has 1 amide bonds. The Morgan fingerprint density at radius 1 is 1.09 bits per heavy atom. The maximum atomic E-state index is 12.8. The number of aromatic nitrogens is 1. The molecule has 1 fully saturated rings. The van der Waals surface area contributed by atoms with E-state index >= 15 is 0 Å². The normalized spacial score (nSPS) is 14.2. The number of nitrogens with one attached hydrogen (secondary N) is 1. The van der Waals surface area contributed by atoms with E-state index < -0.39 is 0 Å². The Morgan fingerprint density at radius 2 is 1.88 bits per heavy atom. The summed E-state index contributed by atoms with van der Waals surface area (Å²) in [5.74, 6) is 0.686. The van der Waals surface area contributed by atoms with Gasteiger partial charge >= 0.3 is 0 Å². The molecule has 3 aromatic rings. The van der Waals surface area contributed by atoms with Crippen molar-refractivity contribution in [2.45, 2.75) is 32.4 Å². The predicted molar refractivity (Wildman–Crippen MR) is 134 cm³/mol. The largest absolute Gasteiger partial charge is 0.492 e. The minimum atomic E-state index is -0.131. The zero-order valence-electron chi connectivity index (χ0n) is 20.0. The summed E-state index contributed by atoms with van der Waals surface area (Å²) in [7, 11) is 2.15. The molecule has 6 nitrogen and oxygen atoms in total. The number of aryl methyl sites for hydroxylation is 1. The molecule has 0 atom stereocenters. The Kier molecular flexibility index (Phi) is 8.28. The van der Waals surface area contributed by atoms with Gasteiger partial charge in [-0.3, -0.25) is 14.7 Å². The van der Waals surface area contributed by atoms with Gasteiger partial charge in [-0.15, -0.1) is 0 Å². The van der Waals surface area contributed by atoms with Crippen molar-refractivity contribution >= 4 is 5.91 Å². The molecule has 0 spiro atoms.